The smallest absolute Gasteiger partial charge is 0.262 e. The molecule has 2 heterocycles. The van der Waals surface area contributed by atoms with Gasteiger partial charge in [-0.1, -0.05) is 42.5 Å². The van der Waals surface area contributed by atoms with Crippen molar-refractivity contribution in [3.63, 3.8) is 0 Å². The van der Waals surface area contributed by atoms with Crippen LogP contribution in [0, 0.1) is 0 Å². The normalized spacial score (nSPS) is 13.0. The maximum atomic E-state index is 13.7. The van der Waals surface area contributed by atoms with E-state index in [1.165, 1.54) is 11.3 Å². The number of ether oxygens (including phenoxy) is 2. The number of carbonyl (C=O) groups excluding carboxylic acids is 2. The molecule has 10 heteroatoms. The first-order valence-corrected chi connectivity index (χ1v) is 15.1. The van der Waals surface area contributed by atoms with Crippen molar-refractivity contribution in [2.45, 2.75) is 32.6 Å². The number of rotatable bonds is 10. The number of benzene rings is 3. The number of nitrogens with zero attached hydrogens (tertiary/aromatic N) is 1. The van der Waals surface area contributed by atoms with Crippen molar-refractivity contribution >= 4 is 49.6 Å². The molecule has 202 valence electrons. The first-order chi connectivity index (χ1) is 18.8. The van der Waals surface area contributed by atoms with E-state index >= 15 is 0 Å². The minimum atomic E-state index is -3.88. The fraction of sp³-hybridized carbons (Fsp3) is 0.241. The highest BCUT2D eigenvalue weighted by Crippen LogP contribution is 2.46. The van der Waals surface area contributed by atoms with Crippen LogP contribution in [0.15, 0.2) is 66.0 Å². The Labute approximate surface area is 231 Å². The van der Waals surface area contributed by atoms with Gasteiger partial charge in [-0.3, -0.25) is 14.3 Å². The number of amides is 2. The molecule has 0 spiro atoms. The van der Waals surface area contributed by atoms with Crippen LogP contribution in [0.5, 0.6) is 11.5 Å². The van der Waals surface area contributed by atoms with E-state index in [9.17, 15) is 18.0 Å². The molecule has 0 atom stereocenters. The zero-order valence-electron chi connectivity index (χ0n) is 21.6. The first kappa shape index (κ1) is 26.7. The molecule has 5 rings (SSSR count). The summed E-state index contributed by atoms with van der Waals surface area (Å²) in [4.78, 5) is 28.3. The summed E-state index contributed by atoms with van der Waals surface area (Å²) in [6.07, 6.45) is 0.00986. The lowest BCUT2D eigenvalue weighted by Gasteiger charge is -2.16. The van der Waals surface area contributed by atoms with E-state index in [1.807, 2.05) is 49.6 Å². The number of sulfonamides is 1. The monoisotopic (exact) mass is 564 g/mol. The van der Waals surface area contributed by atoms with Gasteiger partial charge >= 0.3 is 0 Å². The van der Waals surface area contributed by atoms with E-state index in [2.05, 4.69) is 4.72 Å². The Morgan fingerprint density at radius 1 is 0.949 bits per heavy atom. The van der Waals surface area contributed by atoms with Gasteiger partial charge in [0, 0.05) is 26.9 Å². The standard InChI is InChI=1S/C29H28N2O6S2/c1-3-36-27-22-9-5-6-10-23(22)28(37-4-2)26-24(27)17-31(29(26)33)20-13-11-19(12-14-20)18-39(34,35)30-25(32)16-21-8-7-15-38-21/h5-15H,3-4,16-18H2,1-2H3,(H,30,32). The molecule has 39 heavy (non-hydrogen) atoms. The van der Waals surface area contributed by atoms with Gasteiger partial charge in [-0.05, 0) is 43.0 Å². The summed E-state index contributed by atoms with van der Waals surface area (Å²) in [5.41, 5.74) is 2.37. The average molecular weight is 565 g/mol. The zero-order valence-corrected chi connectivity index (χ0v) is 23.2. The fourth-order valence-electron chi connectivity index (χ4n) is 4.79. The van der Waals surface area contributed by atoms with Crippen LogP contribution in [0.25, 0.3) is 10.8 Å². The molecule has 1 aromatic heterocycles. The molecule has 2 amide bonds. The minimum Gasteiger partial charge on any atom is -0.493 e. The summed E-state index contributed by atoms with van der Waals surface area (Å²) < 4.78 is 39.3. The van der Waals surface area contributed by atoms with Crippen LogP contribution >= 0.6 is 11.3 Å². The molecule has 0 bridgehead atoms. The SMILES string of the molecule is CCOc1c2c(c(OCC)c3ccccc13)C(=O)N(c1ccc(CS(=O)(=O)NC(=O)Cc3cccs3)cc1)C2. The molecule has 8 nitrogen and oxygen atoms in total. The lowest BCUT2D eigenvalue weighted by Crippen LogP contribution is -2.32. The lowest BCUT2D eigenvalue weighted by atomic mass is 9.99. The van der Waals surface area contributed by atoms with Crippen molar-refractivity contribution in [2.24, 2.45) is 0 Å². The van der Waals surface area contributed by atoms with Crippen molar-refractivity contribution in [2.75, 3.05) is 18.1 Å². The molecule has 0 saturated carbocycles. The molecule has 0 fully saturated rings. The Bertz CT molecular complexity index is 1630. The van der Waals surface area contributed by atoms with E-state index in [0.29, 0.717) is 48.1 Å². The predicted octanol–water partition coefficient (Wildman–Crippen LogP) is 5.05. The summed E-state index contributed by atoms with van der Waals surface area (Å²) in [5.74, 6) is 0.0772. The van der Waals surface area contributed by atoms with E-state index in [-0.39, 0.29) is 18.1 Å². The molecule has 3 aromatic carbocycles. The van der Waals surface area contributed by atoms with Crippen molar-refractivity contribution < 1.29 is 27.5 Å². The number of nitrogens with one attached hydrogen (secondary N) is 1. The van der Waals surface area contributed by atoms with Crippen LogP contribution in [0.4, 0.5) is 5.69 Å². The number of hydrogen-bond acceptors (Lipinski definition) is 7. The van der Waals surface area contributed by atoms with Gasteiger partial charge in [0.15, 0.2) is 0 Å². The number of hydrogen-bond donors (Lipinski definition) is 1. The molecule has 0 saturated heterocycles. The van der Waals surface area contributed by atoms with Gasteiger partial charge in [-0.25, -0.2) is 8.42 Å². The summed E-state index contributed by atoms with van der Waals surface area (Å²) in [7, 11) is -3.88. The van der Waals surface area contributed by atoms with Gasteiger partial charge < -0.3 is 14.4 Å². The summed E-state index contributed by atoms with van der Waals surface area (Å²) >= 11 is 1.39. The second-order valence-electron chi connectivity index (χ2n) is 9.02. The Balaban J connectivity index is 1.38. The van der Waals surface area contributed by atoms with Crippen LogP contribution in [0.2, 0.25) is 0 Å². The zero-order chi connectivity index (χ0) is 27.6. The van der Waals surface area contributed by atoms with Gasteiger partial charge in [-0.2, -0.15) is 0 Å². The summed E-state index contributed by atoms with van der Waals surface area (Å²) in [5, 5.41) is 3.54. The highest BCUT2D eigenvalue weighted by atomic mass is 32.2. The fourth-order valence-corrected chi connectivity index (χ4v) is 6.62. The average Bonchev–Trinajstić information content (AvgIpc) is 3.53. The van der Waals surface area contributed by atoms with Crippen molar-refractivity contribution in [3.8, 4) is 11.5 Å². The topological polar surface area (TPSA) is 102 Å². The summed E-state index contributed by atoms with van der Waals surface area (Å²) in [6.45, 7) is 4.94. The molecule has 0 unspecified atom stereocenters. The highest BCUT2D eigenvalue weighted by molar-refractivity contribution is 7.89. The third-order valence-corrected chi connectivity index (χ3v) is 8.49. The molecular weight excluding hydrogens is 536 g/mol. The van der Waals surface area contributed by atoms with Gasteiger partial charge in [0.1, 0.15) is 11.5 Å². The van der Waals surface area contributed by atoms with E-state index < -0.39 is 15.9 Å². The van der Waals surface area contributed by atoms with Crippen molar-refractivity contribution in [3.05, 3.63) is 87.6 Å². The molecule has 0 aliphatic carbocycles. The third-order valence-electron chi connectivity index (χ3n) is 6.36. The van der Waals surface area contributed by atoms with Crippen molar-refractivity contribution in [1.82, 2.24) is 4.72 Å². The van der Waals surface area contributed by atoms with Crippen LogP contribution in [0.1, 0.15) is 40.2 Å². The molecule has 0 radical (unpaired) electrons. The van der Waals surface area contributed by atoms with Crippen LogP contribution < -0.4 is 19.1 Å². The second kappa shape index (κ2) is 11.1. The highest BCUT2D eigenvalue weighted by Gasteiger charge is 2.36. The molecular formula is C29H28N2O6S2. The van der Waals surface area contributed by atoms with Crippen LogP contribution in [-0.2, 0) is 33.5 Å². The Hall–Kier alpha value is -3.89. The molecule has 1 aliphatic heterocycles. The van der Waals surface area contributed by atoms with Crippen LogP contribution in [-0.4, -0.2) is 33.4 Å². The first-order valence-electron chi connectivity index (χ1n) is 12.6. The second-order valence-corrected chi connectivity index (χ2v) is 11.8. The third kappa shape index (κ3) is 5.48. The molecule has 1 N–H and O–H groups in total. The predicted molar refractivity (Wildman–Crippen MR) is 152 cm³/mol. The lowest BCUT2D eigenvalue weighted by molar-refractivity contribution is -0.118. The molecule has 4 aromatic rings. The Kier molecular flexibility index (Phi) is 7.58. The number of fused-ring (bicyclic) bond motifs is 2. The molecule has 1 aliphatic rings. The number of carbonyl (C=O) groups is 2. The minimum absolute atomic E-state index is 0.00986. The van der Waals surface area contributed by atoms with Crippen LogP contribution in [0.3, 0.4) is 0 Å². The maximum Gasteiger partial charge on any atom is 0.262 e. The van der Waals surface area contributed by atoms with Gasteiger partial charge in [-0.15, -0.1) is 11.3 Å². The maximum absolute atomic E-state index is 13.7. The Morgan fingerprint density at radius 2 is 1.62 bits per heavy atom. The largest absolute Gasteiger partial charge is 0.493 e. The quantitative estimate of drug-likeness (QED) is 0.289. The Morgan fingerprint density at radius 3 is 2.26 bits per heavy atom. The number of thiophene rings is 1. The summed E-state index contributed by atoms with van der Waals surface area (Å²) in [6, 6.07) is 18.0. The van der Waals surface area contributed by atoms with Crippen molar-refractivity contribution in [1.29, 1.82) is 0 Å². The van der Waals surface area contributed by atoms with E-state index in [0.717, 1.165) is 21.2 Å². The van der Waals surface area contributed by atoms with Gasteiger partial charge in [0.25, 0.3) is 5.91 Å². The van der Waals surface area contributed by atoms with Gasteiger partial charge in [0.2, 0.25) is 15.9 Å². The van der Waals surface area contributed by atoms with E-state index in [4.69, 9.17) is 9.47 Å². The number of anilines is 1. The van der Waals surface area contributed by atoms with Gasteiger partial charge in [0.05, 0.1) is 37.5 Å². The van der Waals surface area contributed by atoms with E-state index in [1.54, 1.807) is 35.2 Å².